The van der Waals surface area contributed by atoms with Crippen LogP contribution in [0.3, 0.4) is 0 Å². The van der Waals surface area contributed by atoms with Crippen molar-refractivity contribution in [1.82, 2.24) is 30.5 Å². The van der Waals surface area contributed by atoms with Crippen LogP contribution in [0.1, 0.15) is 38.0 Å². The van der Waals surface area contributed by atoms with Gasteiger partial charge in [0.05, 0.1) is 11.8 Å². The van der Waals surface area contributed by atoms with Crippen molar-refractivity contribution in [3.63, 3.8) is 0 Å². The number of aromatic nitrogens is 5. The molecule has 10 nitrogen and oxygen atoms in total. The Balaban J connectivity index is 1.42. The molecule has 0 aliphatic carbocycles. The van der Waals surface area contributed by atoms with Crippen LogP contribution in [-0.4, -0.2) is 69.5 Å². The van der Waals surface area contributed by atoms with Gasteiger partial charge in [-0.05, 0) is 44.4 Å². The average Bonchev–Trinajstić information content (AvgIpc) is 2.85. The number of aliphatic hydroxyl groups excluding tert-OH is 1. The van der Waals surface area contributed by atoms with Crippen molar-refractivity contribution in [1.29, 1.82) is 0 Å². The van der Waals surface area contributed by atoms with E-state index in [2.05, 4.69) is 35.6 Å². The maximum Gasteiger partial charge on any atom is 0.229 e. The van der Waals surface area contributed by atoms with E-state index in [0.29, 0.717) is 17.5 Å². The van der Waals surface area contributed by atoms with Gasteiger partial charge in [0.15, 0.2) is 17.5 Å². The summed E-state index contributed by atoms with van der Waals surface area (Å²) >= 11 is 0. The third-order valence-electron chi connectivity index (χ3n) is 5.98. The second-order valence-electron chi connectivity index (χ2n) is 8.36. The standard InChI is InChI=1S/C22H29N9O/c1-15(32)17-13-16-14-24-22(27-20(16)21(25-17)31-9-3-2-4-10-31)26-18-5-6-19(29-28-18)30-11-7-23-8-12-30/h5-6,13-15,23,32H,2-4,7-12H2,1H3,(H,24,26,27,28). The molecule has 3 N–H and O–H groups in total. The lowest BCUT2D eigenvalue weighted by Gasteiger charge is -2.29. The fourth-order valence-corrected chi connectivity index (χ4v) is 4.21. The predicted molar refractivity (Wildman–Crippen MR) is 124 cm³/mol. The molecule has 1 atom stereocenters. The summed E-state index contributed by atoms with van der Waals surface area (Å²) < 4.78 is 0. The molecule has 32 heavy (non-hydrogen) atoms. The van der Waals surface area contributed by atoms with Crippen molar-refractivity contribution in [2.45, 2.75) is 32.3 Å². The van der Waals surface area contributed by atoms with Gasteiger partial charge in [-0.1, -0.05) is 0 Å². The molecule has 2 fully saturated rings. The van der Waals surface area contributed by atoms with Gasteiger partial charge in [-0.2, -0.15) is 0 Å². The molecular formula is C22H29N9O. The summed E-state index contributed by atoms with van der Waals surface area (Å²) in [6.07, 6.45) is 4.62. The normalized spacial score (nSPS) is 18.1. The molecule has 0 amide bonds. The molecule has 2 aliphatic rings. The van der Waals surface area contributed by atoms with E-state index >= 15 is 0 Å². The van der Waals surface area contributed by atoms with Crippen molar-refractivity contribution in [2.75, 3.05) is 54.4 Å². The number of piperazine rings is 1. The molecule has 0 spiro atoms. The van der Waals surface area contributed by atoms with Crippen molar-refractivity contribution in [3.05, 3.63) is 30.1 Å². The maximum absolute atomic E-state index is 10.1. The average molecular weight is 436 g/mol. The lowest BCUT2D eigenvalue weighted by atomic mass is 10.1. The van der Waals surface area contributed by atoms with E-state index in [1.807, 2.05) is 18.2 Å². The lowest BCUT2D eigenvalue weighted by Crippen LogP contribution is -2.43. The Morgan fingerprint density at radius 1 is 1.00 bits per heavy atom. The molecule has 0 saturated carbocycles. The number of nitrogens with zero attached hydrogens (tertiary/aromatic N) is 7. The highest BCUT2D eigenvalue weighted by Gasteiger charge is 2.19. The summed E-state index contributed by atoms with van der Waals surface area (Å²) in [4.78, 5) is 18.5. The SMILES string of the molecule is CC(O)c1cc2cnc(Nc3ccc(N4CCNCC4)nn3)nc2c(N2CCCCC2)n1. The summed E-state index contributed by atoms with van der Waals surface area (Å²) in [5.74, 6) is 2.73. The van der Waals surface area contributed by atoms with Crippen molar-refractivity contribution < 1.29 is 5.11 Å². The zero-order chi connectivity index (χ0) is 21.9. The number of rotatable bonds is 5. The number of hydrogen-bond acceptors (Lipinski definition) is 10. The summed E-state index contributed by atoms with van der Waals surface area (Å²) in [5.41, 5.74) is 1.41. The highest BCUT2D eigenvalue weighted by molar-refractivity contribution is 5.89. The summed E-state index contributed by atoms with van der Waals surface area (Å²) in [6, 6.07) is 5.73. The Labute approximate surface area is 187 Å². The monoisotopic (exact) mass is 435 g/mol. The maximum atomic E-state index is 10.1. The number of fused-ring (bicyclic) bond motifs is 1. The highest BCUT2D eigenvalue weighted by atomic mass is 16.3. The number of nitrogens with one attached hydrogen (secondary N) is 2. The molecular weight excluding hydrogens is 406 g/mol. The summed E-state index contributed by atoms with van der Waals surface area (Å²) in [6.45, 7) is 7.38. The van der Waals surface area contributed by atoms with Crippen LogP contribution >= 0.6 is 0 Å². The van der Waals surface area contributed by atoms with E-state index in [-0.39, 0.29) is 0 Å². The quantitative estimate of drug-likeness (QED) is 0.550. The molecule has 3 aromatic heterocycles. The first-order valence-corrected chi connectivity index (χ1v) is 11.3. The van der Waals surface area contributed by atoms with E-state index in [0.717, 1.165) is 74.6 Å². The van der Waals surface area contributed by atoms with Crippen molar-refractivity contribution >= 4 is 34.3 Å². The summed E-state index contributed by atoms with van der Waals surface area (Å²) in [7, 11) is 0. The van der Waals surface area contributed by atoms with Gasteiger partial charge in [0.1, 0.15) is 5.52 Å². The van der Waals surface area contributed by atoms with Gasteiger partial charge in [0.25, 0.3) is 0 Å². The molecule has 1 unspecified atom stereocenters. The third-order valence-corrected chi connectivity index (χ3v) is 5.98. The van der Waals surface area contributed by atoms with E-state index in [1.165, 1.54) is 6.42 Å². The first kappa shape index (κ1) is 20.8. The minimum absolute atomic E-state index is 0.451. The smallest absolute Gasteiger partial charge is 0.229 e. The second kappa shape index (κ2) is 9.17. The van der Waals surface area contributed by atoms with E-state index in [9.17, 15) is 5.11 Å². The minimum atomic E-state index is -0.648. The zero-order valence-electron chi connectivity index (χ0n) is 18.3. The molecule has 5 heterocycles. The Morgan fingerprint density at radius 2 is 1.81 bits per heavy atom. The van der Waals surface area contributed by atoms with Crippen molar-refractivity contribution in [2.24, 2.45) is 0 Å². The van der Waals surface area contributed by atoms with Crippen LogP contribution in [0.4, 0.5) is 23.4 Å². The van der Waals surface area contributed by atoms with E-state index < -0.39 is 6.10 Å². The predicted octanol–water partition coefficient (Wildman–Crippen LogP) is 2.01. The fraction of sp³-hybridized carbons (Fsp3) is 0.500. The van der Waals surface area contributed by atoms with Crippen LogP contribution in [0.2, 0.25) is 0 Å². The van der Waals surface area contributed by atoms with Gasteiger partial charge in [0.2, 0.25) is 5.95 Å². The zero-order valence-corrected chi connectivity index (χ0v) is 18.3. The number of anilines is 4. The summed E-state index contributed by atoms with van der Waals surface area (Å²) in [5, 5.41) is 26.2. The largest absolute Gasteiger partial charge is 0.387 e. The van der Waals surface area contributed by atoms with Crippen LogP contribution in [0, 0.1) is 0 Å². The van der Waals surface area contributed by atoms with Crippen LogP contribution in [-0.2, 0) is 0 Å². The van der Waals surface area contributed by atoms with E-state index in [1.54, 1.807) is 13.1 Å². The minimum Gasteiger partial charge on any atom is -0.387 e. The van der Waals surface area contributed by atoms with E-state index in [4.69, 9.17) is 9.97 Å². The Morgan fingerprint density at radius 3 is 2.53 bits per heavy atom. The Bertz CT molecular complexity index is 1060. The number of aliphatic hydroxyl groups is 1. The van der Waals surface area contributed by atoms with Gasteiger partial charge < -0.3 is 25.5 Å². The first-order chi connectivity index (χ1) is 15.7. The number of hydrogen-bond donors (Lipinski definition) is 3. The van der Waals surface area contributed by atoms with Crippen LogP contribution < -0.4 is 20.4 Å². The molecule has 168 valence electrons. The second-order valence-corrected chi connectivity index (χ2v) is 8.36. The molecule has 0 radical (unpaired) electrons. The van der Waals surface area contributed by atoms with Crippen LogP contribution in [0.15, 0.2) is 24.4 Å². The number of pyridine rings is 1. The molecule has 0 aromatic carbocycles. The molecule has 2 aliphatic heterocycles. The van der Waals surface area contributed by atoms with Gasteiger partial charge in [-0.3, -0.25) is 0 Å². The Hall–Kier alpha value is -3.11. The molecule has 10 heteroatoms. The van der Waals surface area contributed by atoms with Gasteiger partial charge >= 0.3 is 0 Å². The molecule has 3 aromatic rings. The Kier molecular flexibility index (Phi) is 5.95. The topological polar surface area (TPSA) is 115 Å². The van der Waals surface area contributed by atoms with Crippen LogP contribution in [0.25, 0.3) is 10.9 Å². The molecule has 5 rings (SSSR count). The third kappa shape index (κ3) is 4.42. The van der Waals surface area contributed by atoms with Gasteiger partial charge in [-0.25, -0.2) is 15.0 Å². The highest BCUT2D eigenvalue weighted by Crippen LogP contribution is 2.29. The van der Waals surface area contributed by atoms with Gasteiger partial charge in [0, 0.05) is 50.9 Å². The first-order valence-electron chi connectivity index (χ1n) is 11.3. The van der Waals surface area contributed by atoms with Gasteiger partial charge in [-0.15, -0.1) is 10.2 Å². The lowest BCUT2D eigenvalue weighted by molar-refractivity contribution is 0.194. The molecule has 0 bridgehead atoms. The fourth-order valence-electron chi connectivity index (χ4n) is 4.21. The van der Waals surface area contributed by atoms with Crippen LogP contribution in [0.5, 0.6) is 0 Å². The molecule has 2 saturated heterocycles. The number of piperidine rings is 1. The van der Waals surface area contributed by atoms with Crippen molar-refractivity contribution in [3.8, 4) is 0 Å².